The zero-order valence-corrected chi connectivity index (χ0v) is 9.15. The van der Waals surface area contributed by atoms with E-state index in [4.69, 9.17) is 4.74 Å². The summed E-state index contributed by atoms with van der Waals surface area (Å²) in [6.07, 6.45) is 1.75. The van der Waals surface area contributed by atoms with E-state index in [2.05, 4.69) is 32.6 Å². The lowest BCUT2D eigenvalue weighted by molar-refractivity contribution is 0.415. The Hall–Kier alpha value is -0.910. The van der Waals surface area contributed by atoms with Crippen LogP contribution in [0.2, 0.25) is 0 Å². The molecule has 66 valence electrons. The van der Waals surface area contributed by atoms with Crippen LogP contribution >= 0.6 is 22.6 Å². The second-order valence-corrected chi connectivity index (χ2v) is 3.65. The number of benzene rings is 1. The van der Waals surface area contributed by atoms with Crippen molar-refractivity contribution in [3.63, 3.8) is 0 Å². The molecule has 1 aromatic carbocycles. The lowest BCUT2D eigenvalue weighted by atomic mass is 10.3. The van der Waals surface area contributed by atoms with E-state index < -0.39 is 0 Å². The maximum absolute atomic E-state index is 5.09. The van der Waals surface area contributed by atoms with Crippen LogP contribution in [0.4, 0.5) is 0 Å². The number of nitrogens with zero attached hydrogens (tertiary/aromatic N) is 2. The van der Waals surface area contributed by atoms with E-state index in [0.29, 0.717) is 0 Å². The smallest absolute Gasteiger partial charge is 0.121 e. The van der Waals surface area contributed by atoms with Crippen LogP contribution in [0.3, 0.4) is 0 Å². The van der Waals surface area contributed by atoms with Crippen LogP contribution in [-0.4, -0.2) is 17.1 Å². The first kappa shape index (κ1) is 8.68. The number of halogens is 1. The highest BCUT2D eigenvalue weighted by Gasteiger charge is 1.98. The molecule has 0 atom stereocenters. The van der Waals surface area contributed by atoms with Gasteiger partial charge < -0.3 is 4.74 Å². The fraction of sp³-hybridized carbons (Fsp3) is 0.111. The number of hydrogen-bond acceptors (Lipinski definition) is 3. The molecule has 0 aliphatic carbocycles. The minimum Gasteiger partial charge on any atom is -0.497 e. The first-order chi connectivity index (χ1) is 6.29. The lowest BCUT2D eigenvalue weighted by Crippen LogP contribution is -1.88. The molecule has 0 aliphatic rings. The van der Waals surface area contributed by atoms with E-state index in [1.165, 1.54) is 0 Å². The van der Waals surface area contributed by atoms with E-state index in [0.717, 1.165) is 20.5 Å². The Bertz CT molecular complexity index is 445. The minimum atomic E-state index is 0.809. The van der Waals surface area contributed by atoms with E-state index >= 15 is 0 Å². The van der Waals surface area contributed by atoms with E-state index in [-0.39, 0.29) is 0 Å². The fourth-order valence-corrected chi connectivity index (χ4v) is 1.49. The van der Waals surface area contributed by atoms with Crippen molar-refractivity contribution in [2.24, 2.45) is 0 Å². The quantitative estimate of drug-likeness (QED) is 0.754. The van der Waals surface area contributed by atoms with Gasteiger partial charge in [-0.15, -0.1) is 0 Å². The molecule has 0 saturated carbocycles. The fourth-order valence-electron chi connectivity index (χ4n) is 1.10. The summed E-state index contributed by atoms with van der Waals surface area (Å²) in [5, 5.41) is 0. The minimum absolute atomic E-state index is 0.809. The molecular weight excluding hydrogens is 279 g/mol. The molecule has 0 bridgehead atoms. The molecule has 2 rings (SSSR count). The van der Waals surface area contributed by atoms with Gasteiger partial charge in [0, 0.05) is 6.07 Å². The van der Waals surface area contributed by atoms with Crippen molar-refractivity contribution >= 4 is 33.6 Å². The highest BCUT2D eigenvalue weighted by Crippen LogP contribution is 2.17. The summed E-state index contributed by atoms with van der Waals surface area (Å²) in [5.41, 5.74) is 1.76. The number of aromatic nitrogens is 2. The Labute approximate surface area is 89.3 Å². The average molecular weight is 286 g/mol. The van der Waals surface area contributed by atoms with Gasteiger partial charge in [0.2, 0.25) is 0 Å². The first-order valence-corrected chi connectivity index (χ1v) is 4.84. The van der Waals surface area contributed by atoms with E-state index in [9.17, 15) is 0 Å². The van der Waals surface area contributed by atoms with Gasteiger partial charge in [-0.05, 0) is 34.7 Å². The molecule has 1 aromatic heterocycles. The van der Waals surface area contributed by atoms with Crippen LogP contribution in [0.5, 0.6) is 5.75 Å². The normalized spacial score (nSPS) is 10.3. The second-order valence-electron chi connectivity index (χ2n) is 2.55. The second kappa shape index (κ2) is 3.45. The van der Waals surface area contributed by atoms with Gasteiger partial charge in [0.25, 0.3) is 0 Å². The molecule has 0 spiro atoms. The summed E-state index contributed by atoms with van der Waals surface area (Å²) in [7, 11) is 1.64. The molecule has 0 aliphatic heterocycles. The molecule has 0 fully saturated rings. The summed E-state index contributed by atoms with van der Waals surface area (Å²) < 4.78 is 5.98. The monoisotopic (exact) mass is 286 g/mol. The molecule has 0 N–H and O–H groups in total. The van der Waals surface area contributed by atoms with Crippen molar-refractivity contribution in [1.29, 1.82) is 0 Å². The SMILES string of the molecule is COc1ccc2ncc(I)nc2c1. The largest absolute Gasteiger partial charge is 0.497 e. The van der Waals surface area contributed by atoms with Crippen LogP contribution in [-0.2, 0) is 0 Å². The maximum atomic E-state index is 5.09. The molecule has 3 nitrogen and oxygen atoms in total. The summed E-state index contributed by atoms with van der Waals surface area (Å²) in [4.78, 5) is 8.56. The van der Waals surface area contributed by atoms with Crippen LogP contribution in [0.15, 0.2) is 24.4 Å². The van der Waals surface area contributed by atoms with Crippen LogP contribution in [0.25, 0.3) is 11.0 Å². The molecule has 0 radical (unpaired) electrons. The Kier molecular flexibility index (Phi) is 2.30. The number of rotatable bonds is 1. The number of fused-ring (bicyclic) bond motifs is 1. The van der Waals surface area contributed by atoms with Crippen molar-refractivity contribution in [2.75, 3.05) is 7.11 Å². The molecule has 1 heterocycles. The van der Waals surface area contributed by atoms with Crippen molar-refractivity contribution < 1.29 is 4.74 Å². The van der Waals surface area contributed by atoms with Gasteiger partial charge in [-0.25, -0.2) is 4.98 Å². The molecular formula is C9H7IN2O. The van der Waals surface area contributed by atoms with Crippen molar-refractivity contribution in [2.45, 2.75) is 0 Å². The molecule has 4 heteroatoms. The number of methoxy groups -OCH3 is 1. The first-order valence-electron chi connectivity index (χ1n) is 3.76. The molecule has 0 unspecified atom stereocenters. The third kappa shape index (κ3) is 1.72. The zero-order chi connectivity index (χ0) is 9.26. The van der Waals surface area contributed by atoms with Gasteiger partial charge in [0.1, 0.15) is 9.45 Å². The predicted molar refractivity (Wildman–Crippen MR) is 58.8 cm³/mol. The van der Waals surface area contributed by atoms with Crippen molar-refractivity contribution in [3.05, 3.63) is 28.1 Å². The van der Waals surface area contributed by atoms with Gasteiger partial charge >= 0.3 is 0 Å². The highest BCUT2D eigenvalue weighted by molar-refractivity contribution is 14.1. The highest BCUT2D eigenvalue weighted by atomic mass is 127. The lowest BCUT2D eigenvalue weighted by Gasteiger charge is -2.00. The van der Waals surface area contributed by atoms with Crippen molar-refractivity contribution in [1.82, 2.24) is 9.97 Å². The third-order valence-corrected chi connectivity index (χ3v) is 2.24. The summed E-state index contributed by atoms with van der Waals surface area (Å²) in [5.74, 6) is 0.809. The Morgan fingerprint density at radius 2 is 2.15 bits per heavy atom. The average Bonchev–Trinajstić information content (AvgIpc) is 2.16. The van der Waals surface area contributed by atoms with Crippen molar-refractivity contribution in [3.8, 4) is 5.75 Å². The molecule has 0 amide bonds. The van der Waals surface area contributed by atoms with E-state index in [1.807, 2.05) is 18.2 Å². The van der Waals surface area contributed by atoms with Crippen LogP contribution in [0.1, 0.15) is 0 Å². The van der Waals surface area contributed by atoms with Crippen LogP contribution in [0, 0.1) is 3.70 Å². The summed E-state index contributed by atoms with van der Waals surface area (Å²) in [6.45, 7) is 0. The predicted octanol–water partition coefficient (Wildman–Crippen LogP) is 2.24. The van der Waals surface area contributed by atoms with Gasteiger partial charge in [-0.3, -0.25) is 4.98 Å². The third-order valence-electron chi connectivity index (χ3n) is 1.72. The Balaban J connectivity index is 2.68. The van der Waals surface area contributed by atoms with Gasteiger partial charge in [0.05, 0.1) is 24.3 Å². The molecule has 2 aromatic rings. The molecule has 13 heavy (non-hydrogen) atoms. The summed E-state index contributed by atoms with van der Waals surface area (Å²) >= 11 is 2.14. The zero-order valence-electron chi connectivity index (χ0n) is 6.99. The standard InChI is InChI=1S/C9H7IN2O/c1-13-6-2-3-7-8(4-6)12-9(10)5-11-7/h2-5H,1H3. The summed E-state index contributed by atoms with van der Waals surface area (Å²) in [6, 6.07) is 5.66. The number of ether oxygens (including phenoxy) is 1. The molecule has 0 saturated heterocycles. The van der Waals surface area contributed by atoms with E-state index in [1.54, 1.807) is 13.3 Å². The topological polar surface area (TPSA) is 35.0 Å². The Morgan fingerprint density at radius 3 is 2.92 bits per heavy atom. The number of hydrogen-bond donors (Lipinski definition) is 0. The van der Waals surface area contributed by atoms with Gasteiger partial charge in [-0.1, -0.05) is 0 Å². The van der Waals surface area contributed by atoms with Gasteiger partial charge in [0.15, 0.2) is 0 Å². The Morgan fingerprint density at radius 1 is 1.31 bits per heavy atom. The maximum Gasteiger partial charge on any atom is 0.121 e. The van der Waals surface area contributed by atoms with Gasteiger partial charge in [-0.2, -0.15) is 0 Å². The van der Waals surface area contributed by atoms with Crippen LogP contribution < -0.4 is 4.74 Å².